The quantitative estimate of drug-likeness (QED) is 0.759. The zero-order chi connectivity index (χ0) is 15.6. The molecule has 0 saturated carbocycles. The molecule has 21 heavy (non-hydrogen) atoms. The molecule has 2 rings (SSSR count). The Balaban J connectivity index is 2.27. The van der Waals surface area contributed by atoms with Crippen LogP contribution in [0.5, 0.6) is 0 Å². The van der Waals surface area contributed by atoms with E-state index in [4.69, 9.17) is 5.73 Å². The molecule has 1 amide bonds. The van der Waals surface area contributed by atoms with Gasteiger partial charge in [-0.2, -0.15) is 5.10 Å². The Morgan fingerprint density at radius 1 is 1.38 bits per heavy atom. The van der Waals surface area contributed by atoms with Gasteiger partial charge in [-0.1, -0.05) is 6.07 Å². The third kappa shape index (κ3) is 3.03. The number of aromatic amines is 1. The van der Waals surface area contributed by atoms with Crippen molar-refractivity contribution in [3.63, 3.8) is 0 Å². The number of aromatic nitrogens is 2. The summed E-state index contributed by atoms with van der Waals surface area (Å²) < 4.78 is 25.2. The maximum atomic E-state index is 12.0. The number of carbonyl (C=O) groups is 1. The maximum absolute atomic E-state index is 12.0. The average Bonchev–Trinajstić information content (AvgIpc) is 2.85. The van der Waals surface area contributed by atoms with E-state index in [1.165, 1.54) is 32.4 Å². The van der Waals surface area contributed by atoms with Gasteiger partial charge in [-0.05, 0) is 18.2 Å². The Morgan fingerprint density at radius 2 is 2.10 bits per heavy atom. The number of hydrogen-bond acceptors (Lipinski definition) is 5. The highest BCUT2D eigenvalue weighted by molar-refractivity contribution is 7.89. The predicted molar refractivity (Wildman–Crippen MR) is 78.3 cm³/mol. The molecule has 112 valence electrons. The van der Waals surface area contributed by atoms with Crippen LogP contribution in [0.3, 0.4) is 0 Å². The summed E-state index contributed by atoms with van der Waals surface area (Å²) in [5.74, 6) is -0.496. The Hall–Kier alpha value is -2.39. The van der Waals surface area contributed by atoms with Crippen LogP contribution in [0.15, 0.2) is 35.4 Å². The molecule has 2 aromatic rings. The number of amides is 1. The standard InChI is InChI=1S/C12H15N5O3S/c1-17(2)21(19,20)9-5-3-4-8(6-9)15-12(18)11-10(13)7-14-16-11/h3-7H,13H2,1-2H3,(H,14,16)(H,15,18). The van der Waals surface area contributed by atoms with Crippen molar-refractivity contribution in [2.45, 2.75) is 4.90 Å². The number of rotatable bonds is 4. The first-order valence-electron chi connectivity index (χ1n) is 5.95. The Morgan fingerprint density at radius 3 is 2.67 bits per heavy atom. The number of nitrogens with zero attached hydrogens (tertiary/aromatic N) is 2. The molecular formula is C12H15N5O3S. The van der Waals surface area contributed by atoms with E-state index in [1.807, 2.05) is 0 Å². The van der Waals surface area contributed by atoms with Gasteiger partial charge in [-0.25, -0.2) is 12.7 Å². The smallest absolute Gasteiger partial charge is 0.275 e. The van der Waals surface area contributed by atoms with E-state index in [1.54, 1.807) is 12.1 Å². The predicted octanol–water partition coefficient (Wildman–Crippen LogP) is 0.494. The van der Waals surface area contributed by atoms with Gasteiger partial charge in [0.2, 0.25) is 10.0 Å². The molecule has 9 heteroatoms. The zero-order valence-electron chi connectivity index (χ0n) is 11.5. The van der Waals surface area contributed by atoms with Crippen molar-refractivity contribution in [2.75, 3.05) is 25.1 Å². The number of carbonyl (C=O) groups excluding carboxylic acids is 1. The maximum Gasteiger partial charge on any atom is 0.275 e. The van der Waals surface area contributed by atoms with E-state index in [-0.39, 0.29) is 16.3 Å². The second-order valence-electron chi connectivity index (χ2n) is 4.47. The summed E-state index contributed by atoms with van der Waals surface area (Å²) in [6.07, 6.45) is 1.32. The van der Waals surface area contributed by atoms with Gasteiger partial charge in [0.05, 0.1) is 16.8 Å². The number of hydrogen-bond donors (Lipinski definition) is 3. The van der Waals surface area contributed by atoms with Crippen LogP contribution in [0.25, 0.3) is 0 Å². The summed E-state index contributed by atoms with van der Waals surface area (Å²) in [5, 5.41) is 8.69. The van der Waals surface area contributed by atoms with Gasteiger partial charge < -0.3 is 11.1 Å². The largest absolute Gasteiger partial charge is 0.396 e. The van der Waals surface area contributed by atoms with Crippen LogP contribution in [0.1, 0.15) is 10.5 Å². The fraction of sp³-hybridized carbons (Fsp3) is 0.167. The second kappa shape index (κ2) is 5.54. The summed E-state index contributed by atoms with van der Waals surface area (Å²) in [6, 6.07) is 5.96. The van der Waals surface area contributed by atoms with Gasteiger partial charge in [0.1, 0.15) is 5.69 Å². The second-order valence-corrected chi connectivity index (χ2v) is 6.62. The van der Waals surface area contributed by atoms with Gasteiger partial charge in [-0.15, -0.1) is 0 Å². The first kappa shape index (κ1) is 15.0. The van der Waals surface area contributed by atoms with E-state index in [9.17, 15) is 13.2 Å². The van der Waals surface area contributed by atoms with Crippen molar-refractivity contribution >= 4 is 27.3 Å². The first-order chi connectivity index (χ1) is 9.82. The molecule has 0 bridgehead atoms. The van der Waals surface area contributed by atoms with Crippen LogP contribution in [0.2, 0.25) is 0 Å². The van der Waals surface area contributed by atoms with Gasteiger partial charge in [0.15, 0.2) is 0 Å². The summed E-state index contributed by atoms with van der Waals surface area (Å²) in [5.41, 5.74) is 6.25. The first-order valence-corrected chi connectivity index (χ1v) is 7.39. The molecule has 1 heterocycles. The van der Waals surface area contributed by atoms with Crippen molar-refractivity contribution in [1.29, 1.82) is 0 Å². The number of H-pyrrole nitrogens is 1. The number of anilines is 2. The van der Waals surface area contributed by atoms with Crippen LogP contribution in [-0.2, 0) is 10.0 Å². The highest BCUT2D eigenvalue weighted by atomic mass is 32.2. The normalized spacial score (nSPS) is 11.6. The number of sulfonamides is 1. The third-order valence-corrected chi connectivity index (χ3v) is 4.58. The fourth-order valence-electron chi connectivity index (χ4n) is 1.62. The molecular weight excluding hydrogens is 294 g/mol. The fourth-order valence-corrected chi connectivity index (χ4v) is 2.56. The van der Waals surface area contributed by atoms with Crippen LogP contribution in [0.4, 0.5) is 11.4 Å². The Labute approximate surface area is 122 Å². The van der Waals surface area contributed by atoms with Crippen molar-refractivity contribution in [3.05, 3.63) is 36.2 Å². The molecule has 1 aromatic heterocycles. The molecule has 0 fully saturated rings. The summed E-state index contributed by atoms with van der Waals surface area (Å²) >= 11 is 0. The van der Waals surface area contributed by atoms with Crippen molar-refractivity contribution < 1.29 is 13.2 Å². The lowest BCUT2D eigenvalue weighted by Crippen LogP contribution is -2.22. The Kier molecular flexibility index (Phi) is 3.96. The SMILES string of the molecule is CN(C)S(=O)(=O)c1cccc(NC(=O)c2[nH]ncc2N)c1. The molecule has 4 N–H and O–H groups in total. The third-order valence-electron chi connectivity index (χ3n) is 2.77. The summed E-state index contributed by atoms with van der Waals surface area (Å²) in [7, 11) is -0.687. The minimum absolute atomic E-state index is 0.0860. The van der Waals surface area contributed by atoms with E-state index in [0.717, 1.165) is 4.31 Å². The van der Waals surface area contributed by atoms with Crippen molar-refractivity contribution in [1.82, 2.24) is 14.5 Å². The van der Waals surface area contributed by atoms with Crippen LogP contribution in [0, 0.1) is 0 Å². The summed E-state index contributed by atoms with van der Waals surface area (Å²) in [6.45, 7) is 0. The number of nitrogens with two attached hydrogens (primary N) is 1. The van der Waals surface area contributed by atoms with Crippen molar-refractivity contribution in [3.8, 4) is 0 Å². The molecule has 0 atom stereocenters. The lowest BCUT2D eigenvalue weighted by atomic mass is 10.3. The van der Waals surface area contributed by atoms with E-state index in [2.05, 4.69) is 15.5 Å². The van der Waals surface area contributed by atoms with E-state index in [0.29, 0.717) is 5.69 Å². The molecule has 0 aliphatic rings. The van der Waals surface area contributed by atoms with Gasteiger partial charge >= 0.3 is 0 Å². The number of nitrogens with one attached hydrogen (secondary N) is 2. The molecule has 0 radical (unpaired) electrons. The van der Waals surface area contributed by atoms with Gasteiger partial charge in [0, 0.05) is 19.8 Å². The van der Waals surface area contributed by atoms with Gasteiger partial charge in [-0.3, -0.25) is 9.89 Å². The van der Waals surface area contributed by atoms with E-state index < -0.39 is 15.9 Å². The monoisotopic (exact) mass is 309 g/mol. The van der Waals surface area contributed by atoms with Crippen LogP contribution >= 0.6 is 0 Å². The highest BCUT2D eigenvalue weighted by Gasteiger charge is 2.18. The average molecular weight is 309 g/mol. The molecule has 1 aromatic carbocycles. The van der Waals surface area contributed by atoms with Crippen molar-refractivity contribution in [2.24, 2.45) is 0 Å². The highest BCUT2D eigenvalue weighted by Crippen LogP contribution is 2.19. The molecule has 0 saturated heterocycles. The minimum Gasteiger partial charge on any atom is -0.396 e. The Bertz CT molecular complexity index is 767. The number of benzene rings is 1. The van der Waals surface area contributed by atoms with E-state index >= 15 is 0 Å². The summed E-state index contributed by atoms with van der Waals surface area (Å²) in [4.78, 5) is 12.1. The molecule has 0 spiro atoms. The zero-order valence-corrected chi connectivity index (χ0v) is 12.3. The lowest BCUT2D eigenvalue weighted by molar-refractivity contribution is 0.102. The number of nitrogen functional groups attached to an aromatic ring is 1. The lowest BCUT2D eigenvalue weighted by Gasteiger charge is -2.12. The van der Waals surface area contributed by atoms with Gasteiger partial charge in [0.25, 0.3) is 5.91 Å². The minimum atomic E-state index is -3.56. The molecule has 0 aliphatic carbocycles. The molecule has 8 nitrogen and oxygen atoms in total. The topological polar surface area (TPSA) is 121 Å². The molecule has 0 aliphatic heterocycles. The molecule has 0 unspecified atom stereocenters. The van der Waals surface area contributed by atoms with Crippen LogP contribution in [-0.4, -0.2) is 42.9 Å². The van der Waals surface area contributed by atoms with Crippen LogP contribution < -0.4 is 11.1 Å².